The van der Waals surface area contributed by atoms with Gasteiger partial charge in [-0.2, -0.15) is 0 Å². The molecule has 9 heteroatoms. The van der Waals surface area contributed by atoms with Crippen LogP contribution in [0.25, 0.3) is 21.6 Å². The number of hydrogen-bond donors (Lipinski definition) is 1. The molecule has 5 nitrogen and oxygen atoms in total. The third-order valence-corrected chi connectivity index (χ3v) is 7.20. The first-order chi connectivity index (χ1) is 14.3. The van der Waals surface area contributed by atoms with Gasteiger partial charge in [-0.3, -0.25) is 4.79 Å². The quantitative estimate of drug-likeness (QED) is 0.453. The second-order valence-electron chi connectivity index (χ2n) is 7.58. The molecule has 0 amide bonds. The Morgan fingerprint density at radius 2 is 2.00 bits per heavy atom. The Hall–Kier alpha value is -2.13. The van der Waals surface area contributed by atoms with Crippen molar-refractivity contribution in [3.63, 3.8) is 0 Å². The highest BCUT2D eigenvalue weighted by Crippen LogP contribution is 2.37. The minimum absolute atomic E-state index is 0.0285. The zero-order valence-electron chi connectivity index (χ0n) is 16.3. The second kappa shape index (κ2) is 8.55. The number of anilines is 1. The Bertz CT molecular complexity index is 1110. The number of piperidine rings is 1. The Kier molecular flexibility index (Phi) is 6.02. The Morgan fingerprint density at radius 3 is 2.70 bits per heavy atom. The van der Waals surface area contributed by atoms with Crippen LogP contribution in [0.3, 0.4) is 0 Å². The molecule has 0 aliphatic carbocycles. The zero-order valence-corrected chi connectivity index (χ0v) is 18.7. The van der Waals surface area contributed by atoms with Crippen LogP contribution in [-0.2, 0) is 4.79 Å². The minimum Gasteiger partial charge on any atom is -0.481 e. The van der Waals surface area contributed by atoms with E-state index in [2.05, 4.69) is 30.8 Å². The van der Waals surface area contributed by atoms with Gasteiger partial charge < -0.3 is 10.0 Å². The molecule has 4 rings (SSSR count). The van der Waals surface area contributed by atoms with Gasteiger partial charge in [0.25, 0.3) is 0 Å². The zero-order chi connectivity index (χ0) is 21.4. The fourth-order valence-electron chi connectivity index (χ4n) is 3.81. The minimum atomic E-state index is -0.766. The summed E-state index contributed by atoms with van der Waals surface area (Å²) in [5.74, 6) is -0.662. The van der Waals surface area contributed by atoms with Crippen LogP contribution in [0.5, 0.6) is 0 Å². The molecule has 30 heavy (non-hydrogen) atoms. The van der Waals surface area contributed by atoms with Crippen molar-refractivity contribution in [1.29, 1.82) is 0 Å². The molecule has 0 saturated carbocycles. The number of aryl methyl sites for hydroxylation is 1. The van der Waals surface area contributed by atoms with Crippen molar-refractivity contribution in [1.82, 2.24) is 9.97 Å². The van der Waals surface area contributed by atoms with Gasteiger partial charge in [-0.25, -0.2) is 18.7 Å². The summed E-state index contributed by atoms with van der Waals surface area (Å²) < 4.78 is 29.7. The number of hydrogen-bond acceptors (Lipinski definition) is 5. The summed E-state index contributed by atoms with van der Waals surface area (Å²) in [4.78, 5) is 22.2. The number of carboxylic acids is 1. The topological polar surface area (TPSA) is 66.3 Å². The van der Waals surface area contributed by atoms with E-state index in [9.17, 15) is 13.6 Å². The Morgan fingerprint density at radius 1 is 1.27 bits per heavy atom. The van der Waals surface area contributed by atoms with Gasteiger partial charge in [-0.15, -0.1) is 11.3 Å². The molecule has 0 atom stereocenters. The number of thiophene rings is 1. The lowest BCUT2D eigenvalue weighted by Crippen LogP contribution is -2.34. The molecule has 0 radical (unpaired) electrons. The van der Waals surface area contributed by atoms with Gasteiger partial charge in [-0.05, 0) is 71.1 Å². The highest BCUT2D eigenvalue weighted by molar-refractivity contribution is 9.10. The van der Waals surface area contributed by atoms with Crippen molar-refractivity contribution in [2.24, 2.45) is 5.92 Å². The molecule has 3 heterocycles. The first-order valence-electron chi connectivity index (χ1n) is 9.71. The smallest absolute Gasteiger partial charge is 0.303 e. The van der Waals surface area contributed by atoms with Gasteiger partial charge in [0.1, 0.15) is 11.6 Å². The molecular weight excluding hydrogens is 476 g/mol. The number of rotatable bonds is 5. The van der Waals surface area contributed by atoms with Gasteiger partial charge >= 0.3 is 5.97 Å². The van der Waals surface area contributed by atoms with Crippen molar-refractivity contribution in [3.8, 4) is 11.4 Å². The molecule has 1 aromatic carbocycles. The molecule has 1 aliphatic rings. The summed E-state index contributed by atoms with van der Waals surface area (Å²) >= 11 is 4.55. The Balaban J connectivity index is 1.69. The fraction of sp³-hybridized carbons (Fsp3) is 0.381. The van der Waals surface area contributed by atoms with Gasteiger partial charge in [0.15, 0.2) is 11.6 Å². The summed E-state index contributed by atoms with van der Waals surface area (Å²) in [6.45, 7) is 3.42. The van der Waals surface area contributed by atoms with E-state index >= 15 is 0 Å². The third kappa shape index (κ3) is 4.18. The Labute approximate surface area is 184 Å². The van der Waals surface area contributed by atoms with E-state index in [0.29, 0.717) is 12.3 Å². The first kappa shape index (κ1) is 21.1. The molecule has 1 N–H and O–H groups in total. The SMILES string of the molecule is Cc1csc2c(N3CCC(CCC(=O)O)CC3)nc(-c3cc(F)c(Br)cc3F)nc12. The normalized spacial score (nSPS) is 15.1. The van der Waals surface area contributed by atoms with E-state index in [1.165, 1.54) is 0 Å². The second-order valence-corrected chi connectivity index (χ2v) is 9.31. The lowest BCUT2D eigenvalue weighted by molar-refractivity contribution is -0.137. The molecule has 0 bridgehead atoms. The van der Waals surface area contributed by atoms with Crippen LogP contribution in [0.15, 0.2) is 22.0 Å². The van der Waals surface area contributed by atoms with E-state index in [1.54, 1.807) is 11.3 Å². The summed E-state index contributed by atoms with van der Waals surface area (Å²) in [7, 11) is 0. The number of aliphatic carboxylic acids is 1. The number of nitrogens with zero attached hydrogens (tertiary/aromatic N) is 3. The average Bonchev–Trinajstić information content (AvgIpc) is 3.10. The number of fused-ring (bicyclic) bond motifs is 1. The van der Waals surface area contributed by atoms with E-state index in [1.807, 2.05) is 12.3 Å². The van der Waals surface area contributed by atoms with Crippen LogP contribution in [0.2, 0.25) is 0 Å². The summed E-state index contributed by atoms with van der Waals surface area (Å²) in [6.07, 6.45) is 2.61. The lowest BCUT2D eigenvalue weighted by atomic mass is 9.92. The van der Waals surface area contributed by atoms with Gasteiger partial charge in [0.05, 0.1) is 20.3 Å². The van der Waals surface area contributed by atoms with Gasteiger partial charge in [0, 0.05) is 19.5 Å². The van der Waals surface area contributed by atoms with Crippen LogP contribution in [0.4, 0.5) is 14.6 Å². The maximum Gasteiger partial charge on any atom is 0.303 e. The van der Waals surface area contributed by atoms with E-state index in [-0.39, 0.29) is 22.3 Å². The van der Waals surface area contributed by atoms with Crippen LogP contribution >= 0.6 is 27.3 Å². The van der Waals surface area contributed by atoms with E-state index < -0.39 is 17.6 Å². The summed E-state index contributed by atoms with van der Waals surface area (Å²) in [5.41, 5.74) is 1.74. The third-order valence-electron chi connectivity index (χ3n) is 5.51. The van der Waals surface area contributed by atoms with Crippen molar-refractivity contribution >= 4 is 49.3 Å². The molecule has 0 unspecified atom stereocenters. The molecule has 1 aliphatic heterocycles. The predicted molar refractivity (Wildman–Crippen MR) is 117 cm³/mol. The molecule has 0 spiro atoms. The van der Waals surface area contributed by atoms with E-state index in [4.69, 9.17) is 5.11 Å². The van der Waals surface area contributed by atoms with E-state index in [0.717, 1.165) is 59.7 Å². The van der Waals surface area contributed by atoms with Crippen LogP contribution in [0.1, 0.15) is 31.2 Å². The predicted octanol–water partition coefficient (Wildman–Crippen LogP) is 5.79. The number of aromatic nitrogens is 2. The van der Waals surface area contributed by atoms with Crippen molar-refractivity contribution in [2.75, 3.05) is 18.0 Å². The number of benzene rings is 1. The highest BCUT2D eigenvalue weighted by atomic mass is 79.9. The standard InChI is InChI=1S/C21H20BrF2N3O2S/c1-11-10-30-19-18(11)25-20(13-8-16(24)14(22)9-15(13)23)26-21(19)27-6-4-12(5-7-27)2-3-17(28)29/h8-10,12H,2-7H2,1H3,(H,28,29). The lowest BCUT2D eigenvalue weighted by Gasteiger charge is -2.33. The largest absolute Gasteiger partial charge is 0.481 e. The highest BCUT2D eigenvalue weighted by Gasteiger charge is 2.25. The average molecular weight is 496 g/mol. The van der Waals surface area contributed by atoms with Crippen molar-refractivity contribution < 1.29 is 18.7 Å². The molecule has 1 saturated heterocycles. The first-order valence-corrected chi connectivity index (χ1v) is 11.4. The van der Waals surface area contributed by atoms with Crippen molar-refractivity contribution in [2.45, 2.75) is 32.6 Å². The monoisotopic (exact) mass is 495 g/mol. The maximum atomic E-state index is 14.6. The van der Waals surface area contributed by atoms with Crippen LogP contribution in [0, 0.1) is 24.5 Å². The van der Waals surface area contributed by atoms with Gasteiger partial charge in [0.2, 0.25) is 0 Å². The molecule has 158 valence electrons. The summed E-state index contributed by atoms with van der Waals surface area (Å²) in [6, 6.07) is 2.20. The maximum absolute atomic E-state index is 14.6. The molecule has 2 aromatic heterocycles. The van der Waals surface area contributed by atoms with Gasteiger partial charge in [-0.1, -0.05) is 0 Å². The fourth-order valence-corrected chi connectivity index (χ4v) is 5.13. The molecule has 3 aromatic rings. The van der Waals surface area contributed by atoms with Crippen molar-refractivity contribution in [3.05, 3.63) is 39.2 Å². The molecule has 1 fully saturated rings. The summed E-state index contributed by atoms with van der Waals surface area (Å²) in [5, 5.41) is 10.9. The van der Waals surface area contributed by atoms with Crippen LogP contribution < -0.4 is 4.90 Å². The van der Waals surface area contributed by atoms with Crippen LogP contribution in [-0.4, -0.2) is 34.1 Å². The number of carboxylic acid groups (broad SMARTS) is 1. The number of halogens is 3. The number of carbonyl (C=O) groups is 1. The molecular formula is C21H20BrF2N3O2S.